The second-order valence-electron chi connectivity index (χ2n) is 4.98. The first-order valence-corrected chi connectivity index (χ1v) is 6.92. The number of rotatable bonds is 3. The highest BCUT2D eigenvalue weighted by atomic mass is 35.5. The monoisotopic (exact) mass is 285 g/mol. The third-order valence-electron chi connectivity index (χ3n) is 3.72. The molecule has 0 spiro atoms. The van der Waals surface area contributed by atoms with Crippen LogP contribution in [-0.4, -0.2) is 40.3 Å². The van der Waals surface area contributed by atoms with Crippen molar-refractivity contribution >= 4 is 17.6 Å². The van der Waals surface area contributed by atoms with Crippen molar-refractivity contribution in [2.24, 2.45) is 7.05 Å². The van der Waals surface area contributed by atoms with Crippen molar-refractivity contribution in [2.45, 2.75) is 38.8 Å². The molecule has 0 saturated carbocycles. The first kappa shape index (κ1) is 14.3. The highest BCUT2D eigenvalue weighted by molar-refractivity contribution is 6.30. The number of piperidine rings is 1. The number of ether oxygens (including phenoxy) is 1. The van der Waals surface area contributed by atoms with Gasteiger partial charge in [-0.2, -0.15) is 5.10 Å². The standard InChI is InChI=1S/C13H20ClN3O2/c1-9-10(12(14)16(2)15-9)8-17-7-5-4-6-11(17)13(18)19-3/h11H,4-8H2,1-3H3. The molecule has 0 aromatic carbocycles. The summed E-state index contributed by atoms with van der Waals surface area (Å²) < 4.78 is 6.56. The van der Waals surface area contributed by atoms with Gasteiger partial charge in [0.15, 0.2) is 0 Å². The quantitative estimate of drug-likeness (QED) is 0.796. The summed E-state index contributed by atoms with van der Waals surface area (Å²) in [5.74, 6) is -0.155. The molecule has 1 saturated heterocycles. The van der Waals surface area contributed by atoms with Crippen LogP contribution < -0.4 is 0 Å². The molecule has 19 heavy (non-hydrogen) atoms. The summed E-state index contributed by atoms with van der Waals surface area (Å²) in [6.45, 7) is 3.49. The first-order chi connectivity index (χ1) is 9.04. The summed E-state index contributed by atoms with van der Waals surface area (Å²) in [5.41, 5.74) is 1.92. The molecule has 0 N–H and O–H groups in total. The molecule has 2 rings (SSSR count). The third kappa shape index (κ3) is 2.92. The summed E-state index contributed by atoms with van der Waals surface area (Å²) in [5, 5.41) is 4.95. The Morgan fingerprint density at radius 1 is 1.53 bits per heavy atom. The average molecular weight is 286 g/mol. The molecule has 2 heterocycles. The highest BCUT2D eigenvalue weighted by Gasteiger charge is 2.30. The molecule has 1 aromatic heterocycles. The lowest BCUT2D eigenvalue weighted by molar-refractivity contribution is -0.148. The Morgan fingerprint density at radius 3 is 2.84 bits per heavy atom. The Balaban J connectivity index is 2.17. The van der Waals surface area contributed by atoms with Crippen LogP contribution in [0.4, 0.5) is 0 Å². The van der Waals surface area contributed by atoms with Crippen LogP contribution in [0.5, 0.6) is 0 Å². The zero-order valence-electron chi connectivity index (χ0n) is 11.6. The van der Waals surface area contributed by atoms with Crippen LogP contribution in [0.2, 0.25) is 5.15 Å². The number of halogens is 1. The summed E-state index contributed by atoms with van der Waals surface area (Å²) in [4.78, 5) is 14.0. The largest absolute Gasteiger partial charge is 0.468 e. The second kappa shape index (κ2) is 5.92. The van der Waals surface area contributed by atoms with Crippen molar-refractivity contribution in [1.82, 2.24) is 14.7 Å². The number of aromatic nitrogens is 2. The maximum absolute atomic E-state index is 11.8. The van der Waals surface area contributed by atoms with Gasteiger partial charge in [-0.05, 0) is 26.3 Å². The fourth-order valence-corrected chi connectivity index (χ4v) is 2.87. The van der Waals surface area contributed by atoms with E-state index in [1.807, 2.05) is 14.0 Å². The first-order valence-electron chi connectivity index (χ1n) is 6.54. The molecule has 1 aliphatic heterocycles. The smallest absolute Gasteiger partial charge is 0.323 e. The van der Waals surface area contributed by atoms with Crippen LogP contribution in [-0.2, 0) is 23.1 Å². The average Bonchev–Trinajstić information content (AvgIpc) is 2.65. The van der Waals surface area contributed by atoms with Crippen LogP contribution >= 0.6 is 11.6 Å². The predicted octanol–water partition coefficient (Wildman–Crippen LogP) is 1.91. The summed E-state index contributed by atoms with van der Waals surface area (Å²) in [6, 6.07) is -0.158. The minimum absolute atomic E-state index is 0.155. The molecule has 0 aliphatic carbocycles. The normalized spacial score (nSPS) is 20.5. The van der Waals surface area contributed by atoms with Crippen molar-refractivity contribution in [3.05, 3.63) is 16.4 Å². The SMILES string of the molecule is COC(=O)C1CCCCN1Cc1c(C)nn(C)c1Cl. The molecule has 1 atom stereocenters. The number of hydrogen-bond acceptors (Lipinski definition) is 4. The van der Waals surface area contributed by atoms with Gasteiger partial charge < -0.3 is 4.74 Å². The molecule has 5 nitrogen and oxygen atoms in total. The van der Waals surface area contributed by atoms with E-state index in [1.165, 1.54) is 7.11 Å². The van der Waals surface area contributed by atoms with E-state index in [9.17, 15) is 4.79 Å². The second-order valence-corrected chi connectivity index (χ2v) is 5.34. The van der Waals surface area contributed by atoms with Gasteiger partial charge in [-0.1, -0.05) is 18.0 Å². The van der Waals surface area contributed by atoms with Gasteiger partial charge >= 0.3 is 5.97 Å². The third-order valence-corrected chi connectivity index (χ3v) is 4.19. The lowest BCUT2D eigenvalue weighted by Gasteiger charge is -2.33. The molecule has 1 fully saturated rings. The van der Waals surface area contributed by atoms with E-state index in [0.717, 1.165) is 37.1 Å². The number of hydrogen-bond donors (Lipinski definition) is 0. The lowest BCUT2D eigenvalue weighted by atomic mass is 10.0. The number of aryl methyl sites for hydroxylation is 2. The maximum atomic E-state index is 11.8. The number of nitrogens with zero attached hydrogens (tertiary/aromatic N) is 3. The number of carbonyl (C=O) groups is 1. The molecule has 1 unspecified atom stereocenters. The zero-order chi connectivity index (χ0) is 14.0. The lowest BCUT2D eigenvalue weighted by Crippen LogP contribution is -2.44. The fraction of sp³-hybridized carbons (Fsp3) is 0.692. The van der Waals surface area contributed by atoms with E-state index >= 15 is 0 Å². The van der Waals surface area contributed by atoms with Gasteiger partial charge in [0.2, 0.25) is 0 Å². The molecule has 0 bridgehead atoms. The molecule has 106 valence electrons. The van der Waals surface area contributed by atoms with E-state index < -0.39 is 0 Å². The van der Waals surface area contributed by atoms with Crippen LogP contribution in [0.1, 0.15) is 30.5 Å². The summed E-state index contributed by atoms with van der Waals surface area (Å²) in [7, 11) is 3.27. The maximum Gasteiger partial charge on any atom is 0.323 e. The molecule has 0 amide bonds. The van der Waals surface area contributed by atoms with Crippen LogP contribution in [0.25, 0.3) is 0 Å². The Morgan fingerprint density at radius 2 is 2.26 bits per heavy atom. The molecule has 1 aromatic rings. The zero-order valence-corrected chi connectivity index (χ0v) is 12.4. The number of likely N-dealkylation sites (tertiary alicyclic amines) is 1. The van der Waals surface area contributed by atoms with Gasteiger partial charge in [0, 0.05) is 19.2 Å². The minimum atomic E-state index is -0.158. The van der Waals surface area contributed by atoms with Gasteiger partial charge in [-0.3, -0.25) is 14.4 Å². The van der Waals surface area contributed by atoms with E-state index in [2.05, 4.69) is 10.00 Å². The van der Waals surface area contributed by atoms with E-state index in [4.69, 9.17) is 16.3 Å². The van der Waals surface area contributed by atoms with E-state index in [-0.39, 0.29) is 12.0 Å². The number of carbonyl (C=O) groups excluding carboxylic acids is 1. The van der Waals surface area contributed by atoms with Crippen LogP contribution in [0.3, 0.4) is 0 Å². The van der Waals surface area contributed by atoms with Gasteiger partial charge in [0.1, 0.15) is 11.2 Å². The molecule has 6 heteroatoms. The van der Waals surface area contributed by atoms with Crippen molar-refractivity contribution < 1.29 is 9.53 Å². The van der Waals surface area contributed by atoms with Crippen LogP contribution in [0, 0.1) is 6.92 Å². The van der Waals surface area contributed by atoms with Gasteiger partial charge in [-0.15, -0.1) is 0 Å². The van der Waals surface area contributed by atoms with Crippen molar-refractivity contribution in [2.75, 3.05) is 13.7 Å². The molecular weight excluding hydrogens is 266 g/mol. The summed E-state index contributed by atoms with van der Waals surface area (Å²) >= 11 is 6.25. The minimum Gasteiger partial charge on any atom is -0.468 e. The Labute approximate surface area is 118 Å². The Hall–Kier alpha value is -1.07. The molecule has 1 aliphatic rings. The number of esters is 1. The topological polar surface area (TPSA) is 47.4 Å². The van der Waals surface area contributed by atoms with Gasteiger partial charge in [-0.25, -0.2) is 0 Å². The molecule has 0 radical (unpaired) electrons. The van der Waals surface area contributed by atoms with Gasteiger partial charge in [0.05, 0.1) is 12.8 Å². The Bertz CT molecular complexity index is 473. The Kier molecular flexibility index (Phi) is 4.47. The van der Waals surface area contributed by atoms with Crippen molar-refractivity contribution in [3.63, 3.8) is 0 Å². The highest BCUT2D eigenvalue weighted by Crippen LogP contribution is 2.25. The van der Waals surface area contributed by atoms with E-state index in [0.29, 0.717) is 11.7 Å². The number of methoxy groups -OCH3 is 1. The van der Waals surface area contributed by atoms with Crippen LogP contribution in [0.15, 0.2) is 0 Å². The molecular formula is C13H20ClN3O2. The predicted molar refractivity (Wildman–Crippen MR) is 73.0 cm³/mol. The van der Waals surface area contributed by atoms with Gasteiger partial charge in [0.25, 0.3) is 0 Å². The van der Waals surface area contributed by atoms with E-state index in [1.54, 1.807) is 4.68 Å². The summed E-state index contributed by atoms with van der Waals surface area (Å²) in [6.07, 6.45) is 3.02. The fourth-order valence-electron chi connectivity index (χ4n) is 2.64. The van der Waals surface area contributed by atoms with Crippen molar-refractivity contribution in [1.29, 1.82) is 0 Å². The van der Waals surface area contributed by atoms with Crippen molar-refractivity contribution in [3.8, 4) is 0 Å².